The van der Waals surface area contributed by atoms with Gasteiger partial charge < -0.3 is 14.4 Å². The molecule has 0 spiro atoms. The van der Waals surface area contributed by atoms with Crippen LogP contribution in [0.1, 0.15) is 27.7 Å². The van der Waals surface area contributed by atoms with Gasteiger partial charge in [0.25, 0.3) is 0 Å². The van der Waals surface area contributed by atoms with Crippen LogP contribution in [-0.4, -0.2) is 63.1 Å². The van der Waals surface area contributed by atoms with Gasteiger partial charge in [-0.15, -0.1) is 5.10 Å². The van der Waals surface area contributed by atoms with Crippen LogP contribution in [0.5, 0.6) is 11.5 Å². The Labute approximate surface area is 157 Å². The van der Waals surface area contributed by atoms with Crippen molar-refractivity contribution in [1.82, 2.24) is 25.1 Å². The number of hydrogen-bond acceptors (Lipinski definition) is 7. The van der Waals surface area contributed by atoms with Crippen molar-refractivity contribution in [3.05, 3.63) is 18.2 Å². The van der Waals surface area contributed by atoms with E-state index in [0.29, 0.717) is 22.3 Å². The van der Waals surface area contributed by atoms with Gasteiger partial charge in [0.1, 0.15) is 17.2 Å². The quantitative estimate of drug-likeness (QED) is 0.651. The second kappa shape index (κ2) is 8.88. The lowest BCUT2D eigenvalue weighted by Gasteiger charge is -2.30. The molecule has 26 heavy (non-hydrogen) atoms. The number of rotatable bonds is 8. The van der Waals surface area contributed by atoms with E-state index in [1.54, 1.807) is 31.0 Å². The molecule has 0 saturated carbocycles. The number of hydrogen-bond donors (Lipinski definition) is 0. The molecule has 1 aromatic carbocycles. The maximum Gasteiger partial charge on any atom is 0.233 e. The predicted molar refractivity (Wildman–Crippen MR) is 100 cm³/mol. The number of aromatic nitrogens is 4. The molecule has 0 aliphatic carbocycles. The molecule has 0 unspecified atom stereocenters. The summed E-state index contributed by atoms with van der Waals surface area (Å²) < 4.78 is 12.2. The summed E-state index contributed by atoms with van der Waals surface area (Å²) in [5.41, 5.74) is 0.679. The molecule has 0 radical (unpaired) electrons. The standard InChI is InChI=1S/C17H25N5O3S/c1-11(2)21(12(3)4)16(23)10-26-17-18-19-20-22(17)14-8-7-13(24-5)9-15(14)25-6/h7-9,11-12H,10H2,1-6H3. The molecule has 1 amide bonds. The van der Waals surface area contributed by atoms with Crippen LogP contribution in [0.3, 0.4) is 0 Å². The smallest absolute Gasteiger partial charge is 0.233 e. The van der Waals surface area contributed by atoms with E-state index in [-0.39, 0.29) is 23.7 Å². The fourth-order valence-corrected chi connectivity index (χ4v) is 3.51. The Morgan fingerprint density at radius 1 is 1.19 bits per heavy atom. The topological polar surface area (TPSA) is 82.4 Å². The highest BCUT2D eigenvalue weighted by Crippen LogP contribution is 2.29. The van der Waals surface area contributed by atoms with Crippen LogP contribution in [0.4, 0.5) is 0 Å². The van der Waals surface area contributed by atoms with E-state index >= 15 is 0 Å². The second-order valence-electron chi connectivity index (χ2n) is 6.19. The van der Waals surface area contributed by atoms with Gasteiger partial charge in [-0.05, 0) is 50.3 Å². The van der Waals surface area contributed by atoms with Crippen molar-refractivity contribution < 1.29 is 14.3 Å². The molecule has 2 rings (SSSR count). The zero-order valence-electron chi connectivity index (χ0n) is 16.0. The van der Waals surface area contributed by atoms with Gasteiger partial charge in [0.05, 0.1) is 20.0 Å². The number of nitrogens with zero attached hydrogens (tertiary/aromatic N) is 5. The van der Waals surface area contributed by atoms with E-state index in [4.69, 9.17) is 9.47 Å². The molecule has 1 aromatic heterocycles. The van der Waals surface area contributed by atoms with E-state index in [2.05, 4.69) is 15.5 Å². The van der Waals surface area contributed by atoms with Crippen molar-refractivity contribution in [1.29, 1.82) is 0 Å². The molecule has 0 aliphatic rings. The van der Waals surface area contributed by atoms with Gasteiger partial charge in [-0.2, -0.15) is 4.68 Å². The van der Waals surface area contributed by atoms with E-state index in [1.165, 1.54) is 11.8 Å². The Balaban J connectivity index is 2.20. The SMILES string of the molecule is COc1ccc(-n2nnnc2SCC(=O)N(C(C)C)C(C)C)c(OC)c1. The van der Waals surface area contributed by atoms with E-state index in [1.807, 2.05) is 38.7 Å². The second-order valence-corrected chi connectivity index (χ2v) is 7.13. The van der Waals surface area contributed by atoms with Gasteiger partial charge in [0, 0.05) is 18.2 Å². The van der Waals surface area contributed by atoms with Gasteiger partial charge in [-0.25, -0.2) is 0 Å². The normalized spacial score (nSPS) is 11.1. The minimum atomic E-state index is 0.0521. The zero-order valence-corrected chi connectivity index (χ0v) is 16.8. The van der Waals surface area contributed by atoms with E-state index in [0.717, 1.165) is 0 Å². The molecule has 1 heterocycles. The van der Waals surface area contributed by atoms with Crippen LogP contribution >= 0.6 is 11.8 Å². The molecule has 0 N–H and O–H groups in total. The van der Waals surface area contributed by atoms with Crippen molar-refractivity contribution in [2.24, 2.45) is 0 Å². The molecule has 0 saturated heterocycles. The van der Waals surface area contributed by atoms with Gasteiger partial charge in [-0.1, -0.05) is 11.8 Å². The molecule has 2 aromatic rings. The summed E-state index contributed by atoms with van der Waals surface area (Å²) in [4.78, 5) is 14.4. The lowest BCUT2D eigenvalue weighted by molar-refractivity contribution is -0.131. The first kappa shape index (κ1) is 20.0. The Morgan fingerprint density at radius 3 is 2.46 bits per heavy atom. The fraction of sp³-hybridized carbons (Fsp3) is 0.529. The highest BCUT2D eigenvalue weighted by Gasteiger charge is 2.22. The number of thioether (sulfide) groups is 1. The highest BCUT2D eigenvalue weighted by atomic mass is 32.2. The molecule has 9 heteroatoms. The number of carbonyl (C=O) groups is 1. The van der Waals surface area contributed by atoms with Crippen molar-refractivity contribution in [3.63, 3.8) is 0 Å². The largest absolute Gasteiger partial charge is 0.497 e. The minimum Gasteiger partial charge on any atom is -0.497 e. The van der Waals surface area contributed by atoms with Gasteiger partial charge in [-0.3, -0.25) is 4.79 Å². The molecule has 0 bridgehead atoms. The molecule has 0 fully saturated rings. The monoisotopic (exact) mass is 379 g/mol. The Bertz CT molecular complexity index is 740. The summed E-state index contributed by atoms with van der Waals surface area (Å²) in [5.74, 6) is 1.56. The average molecular weight is 379 g/mol. The fourth-order valence-electron chi connectivity index (χ4n) is 2.75. The summed E-state index contributed by atoms with van der Waals surface area (Å²) in [6.07, 6.45) is 0. The highest BCUT2D eigenvalue weighted by molar-refractivity contribution is 7.99. The zero-order chi connectivity index (χ0) is 19.3. The van der Waals surface area contributed by atoms with Crippen LogP contribution in [0, 0.1) is 0 Å². The van der Waals surface area contributed by atoms with E-state index in [9.17, 15) is 4.79 Å². The lowest BCUT2D eigenvalue weighted by Crippen LogP contribution is -2.43. The number of carbonyl (C=O) groups excluding carboxylic acids is 1. The number of amides is 1. The van der Waals surface area contributed by atoms with Crippen molar-refractivity contribution in [2.75, 3.05) is 20.0 Å². The number of methoxy groups -OCH3 is 2. The van der Waals surface area contributed by atoms with Crippen molar-refractivity contribution in [3.8, 4) is 17.2 Å². The third kappa shape index (κ3) is 4.46. The molecule has 8 nitrogen and oxygen atoms in total. The summed E-state index contributed by atoms with van der Waals surface area (Å²) in [5, 5.41) is 12.3. The lowest BCUT2D eigenvalue weighted by atomic mass is 10.2. The molecule has 0 aliphatic heterocycles. The summed E-state index contributed by atoms with van der Waals surface area (Å²) >= 11 is 1.30. The van der Waals surface area contributed by atoms with Crippen LogP contribution in [0.2, 0.25) is 0 Å². The van der Waals surface area contributed by atoms with Crippen LogP contribution < -0.4 is 9.47 Å². The number of benzene rings is 1. The first-order valence-electron chi connectivity index (χ1n) is 8.33. The average Bonchev–Trinajstić information content (AvgIpc) is 3.06. The first-order valence-corrected chi connectivity index (χ1v) is 9.32. The Morgan fingerprint density at radius 2 is 1.88 bits per heavy atom. The van der Waals surface area contributed by atoms with Crippen molar-refractivity contribution >= 4 is 17.7 Å². The number of tetrazole rings is 1. The van der Waals surface area contributed by atoms with E-state index < -0.39 is 0 Å². The maximum absolute atomic E-state index is 12.6. The molecular weight excluding hydrogens is 354 g/mol. The Kier molecular flexibility index (Phi) is 6.84. The van der Waals surface area contributed by atoms with Crippen LogP contribution in [-0.2, 0) is 4.79 Å². The third-order valence-electron chi connectivity index (χ3n) is 3.78. The number of ether oxygens (including phenoxy) is 2. The maximum atomic E-state index is 12.6. The van der Waals surface area contributed by atoms with Gasteiger partial charge >= 0.3 is 0 Å². The van der Waals surface area contributed by atoms with Gasteiger partial charge in [0.15, 0.2) is 0 Å². The molecule has 142 valence electrons. The van der Waals surface area contributed by atoms with Crippen LogP contribution in [0.15, 0.2) is 23.4 Å². The minimum absolute atomic E-state index is 0.0521. The molecular formula is C17H25N5O3S. The summed E-state index contributed by atoms with van der Waals surface area (Å²) in [6.45, 7) is 8.04. The first-order chi connectivity index (χ1) is 12.4. The third-order valence-corrected chi connectivity index (χ3v) is 4.69. The summed E-state index contributed by atoms with van der Waals surface area (Å²) in [6, 6.07) is 5.66. The van der Waals surface area contributed by atoms with Crippen molar-refractivity contribution in [2.45, 2.75) is 44.9 Å². The Hall–Kier alpha value is -2.29. The van der Waals surface area contributed by atoms with Crippen LogP contribution in [0.25, 0.3) is 5.69 Å². The summed E-state index contributed by atoms with van der Waals surface area (Å²) in [7, 11) is 3.16. The van der Waals surface area contributed by atoms with Gasteiger partial charge in [0.2, 0.25) is 11.1 Å². The molecule has 0 atom stereocenters. The predicted octanol–water partition coefficient (Wildman–Crippen LogP) is 2.42.